The Morgan fingerprint density at radius 1 is 1.05 bits per heavy atom. The number of nitrogens with zero attached hydrogens (tertiary/aromatic N) is 1. The van der Waals surface area contributed by atoms with Gasteiger partial charge in [-0.1, -0.05) is 61.0 Å². The number of halogens is 1. The van der Waals surface area contributed by atoms with Crippen molar-refractivity contribution in [3.05, 3.63) is 106 Å². The summed E-state index contributed by atoms with van der Waals surface area (Å²) in [6.07, 6.45) is 5.76. The first-order chi connectivity index (χ1) is 19.0. The zero-order chi connectivity index (χ0) is 27.2. The molecule has 1 aliphatic heterocycles. The smallest absolute Gasteiger partial charge is 0.336 e. The van der Waals surface area contributed by atoms with Crippen LogP contribution in [0.3, 0.4) is 0 Å². The van der Waals surface area contributed by atoms with Crippen LogP contribution in [0.5, 0.6) is 5.75 Å². The molecule has 0 radical (unpaired) electrons. The van der Waals surface area contributed by atoms with Gasteiger partial charge < -0.3 is 19.3 Å². The summed E-state index contributed by atoms with van der Waals surface area (Å²) in [5.74, 6) is -1.37. The SMILES string of the molecule is CCCOc1ccc(CCC2(c3cccc(/C=C/c4ccc5ccc(Cl)cc5n4)c3)OCCO2)c(C(=O)O)c1. The second kappa shape index (κ2) is 12.0. The number of benzene rings is 3. The van der Waals surface area contributed by atoms with Crippen molar-refractivity contribution >= 4 is 40.6 Å². The summed E-state index contributed by atoms with van der Waals surface area (Å²) in [5, 5.41) is 11.5. The normalized spacial score (nSPS) is 14.7. The van der Waals surface area contributed by atoms with Gasteiger partial charge in [0.05, 0.1) is 36.6 Å². The molecule has 0 atom stereocenters. The van der Waals surface area contributed by atoms with Gasteiger partial charge in [-0.15, -0.1) is 0 Å². The molecule has 0 aliphatic carbocycles. The second-order valence-electron chi connectivity index (χ2n) is 9.45. The van der Waals surface area contributed by atoms with Crippen LogP contribution in [0, 0.1) is 0 Å². The molecule has 1 aromatic heterocycles. The molecule has 0 saturated carbocycles. The van der Waals surface area contributed by atoms with Crippen molar-refractivity contribution in [2.75, 3.05) is 19.8 Å². The van der Waals surface area contributed by atoms with Crippen molar-refractivity contribution in [2.24, 2.45) is 0 Å². The van der Waals surface area contributed by atoms with E-state index in [9.17, 15) is 9.90 Å². The number of hydrogen-bond acceptors (Lipinski definition) is 5. The molecular formula is C32H30ClNO5. The van der Waals surface area contributed by atoms with Crippen molar-refractivity contribution in [1.29, 1.82) is 0 Å². The Morgan fingerprint density at radius 2 is 1.87 bits per heavy atom. The van der Waals surface area contributed by atoms with Crippen LogP contribution in [-0.4, -0.2) is 35.9 Å². The molecule has 1 N–H and O–H groups in total. The Balaban J connectivity index is 1.36. The molecule has 7 heteroatoms. The van der Waals surface area contributed by atoms with Crippen LogP contribution in [0.25, 0.3) is 23.1 Å². The monoisotopic (exact) mass is 543 g/mol. The average Bonchev–Trinajstić information content (AvgIpc) is 3.44. The predicted molar refractivity (Wildman–Crippen MR) is 153 cm³/mol. The number of aromatic carboxylic acids is 1. The van der Waals surface area contributed by atoms with E-state index in [0.29, 0.717) is 49.0 Å². The summed E-state index contributed by atoms with van der Waals surface area (Å²) in [6, 6.07) is 22.9. The molecule has 0 amide bonds. The second-order valence-corrected chi connectivity index (χ2v) is 9.89. The van der Waals surface area contributed by atoms with E-state index in [0.717, 1.165) is 34.1 Å². The summed E-state index contributed by atoms with van der Waals surface area (Å²) in [4.78, 5) is 16.7. The van der Waals surface area contributed by atoms with E-state index in [-0.39, 0.29) is 5.56 Å². The van der Waals surface area contributed by atoms with E-state index < -0.39 is 11.8 Å². The molecule has 200 valence electrons. The number of pyridine rings is 1. The third-order valence-electron chi connectivity index (χ3n) is 6.71. The summed E-state index contributed by atoms with van der Waals surface area (Å²) >= 11 is 6.13. The van der Waals surface area contributed by atoms with Gasteiger partial charge >= 0.3 is 5.97 Å². The Kier molecular flexibility index (Phi) is 8.27. The van der Waals surface area contributed by atoms with Gasteiger partial charge in [-0.2, -0.15) is 0 Å². The fourth-order valence-electron chi connectivity index (χ4n) is 4.75. The van der Waals surface area contributed by atoms with Gasteiger partial charge in [-0.3, -0.25) is 0 Å². The van der Waals surface area contributed by atoms with Crippen LogP contribution in [-0.2, 0) is 21.7 Å². The van der Waals surface area contributed by atoms with Crippen LogP contribution >= 0.6 is 11.6 Å². The Labute approximate surface area is 232 Å². The minimum absolute atomic E-state index is 0.234. The van der Waals surface area contributed by atoms with Gasteiger partial charge in [0.25, 0.3) is 0 Å². The molecular weight excluding hydrogens is 514 g/mol. The Bertz CT molecular complexity index is 1510. The van der Waals surface area contributed by atoms with E-state index in [2.05, 4.69) is 0 Å². The highest BCUT2D eigenvalue weighted by atomic mass is 35.5. The predicted octanol–water partition coefficient (Wildman–Crippen LogP) is 7.38. The number of carboxylic acids is 1. The lowest BCUT2D eigenvalue weighted by Crippen LogP contribution is -2.28. The fourth-order valence-corrected chi connectivity index (χ4v) is 4.92. The zero-order valence-electron chi connectivity index (χ0n) is 21.7. The first-order valence-electron chi connectivity index (χ1n) is 13.1. The van der Waals surface area contributed by atoms with Crippen molar-refractivity contribution < 1.29 is 24.1 Å². The maximum absolute atomic E-state index is 12.0. The highest BCUT2D eigenvalue weighted by Crippen LogP contribution is 2.37. The van der Waals surface area contributed by atoms with Crippen molar-refractivity contribution in [2.45, 2.75) is 32.0 Å². The molecule has 2 heterocycles. The summed E-state index contributed by atoms with van der Waals surface area (Å²) in [6.45, 7) is 3.49. The zero-order valence-corrected chi connectivity index (χ0v) is 22.5. The van der Waals surface area contributed by atoms with E-state index in [4.69, 9.17) is 30.8 Å². The van der Waals surface area contributed by atoms with Crippen molar-refractivity contribution in [1.82, 2.24) is 4.98 Å². The first-order valence-corrected chi connectivity index (χ1v) is 13.5. The van der Waals surface area contributed by atoms with Gasteiger partial charge in [0.2, 0.25) is 0 Å². The van der Waals surface area contributed by atoms with Crippen LogP contribution in [0.2, 0.25) is 5.02 Å². The van der Waals surface area contributed by atoms with Gasteiger partial charge in [0.15, 0.2) is 5.79 Å². The Morgan fingerprint density at radius 3 is 2.67 bits per heavy atom. The minimum Gasteiger partial charge on any atom is -0.494 e. The highest BCUT2D eigenvalue weighted by Gasteiger charge is 2.38. The standard InChI is InChI=1S/C32H30ClNO5/c1-2-16-37-28-13-9-23(29(21-28)31(35)36)14-15-32(38-17-18-39-32)25-5-3-4-22(19-25)6-11-27-12-8-24-7-10-26(33)20-30(24)34-27/h3-13,19-21H,2,14-18H2,1H3,(H,35,36)/b11-6+. The number of carbonyl (C=O) groups is 1. The molecule has 3 aromatic carbocycles. The lowest BCUT2D eigenvalue weighted by Gasteiger charge is -2.28. The first kappa shape index (κ1) is 26.9. The summed E-state index contributed by atoms with van der Waals surface area (Å²) in [7, 11) is 0. The number of ether oxygens (including phenoxy) is 3. The molecule has 0 unspecified atom stereocenters. The maximum atomic E-state index is 12.0. The Hall–Kier alpha value is -3.71. The average molecular weight is 544 g/mol. The highest BCUT2D eigenvalue weighted by molar-refractivity contribution is 6.31. The molecule has 1 saturated heterocycles. The number of hydrogen-bond donors (Lipinski definition) is 1. The van der Waals surface area contributed by atoms with Gasteiger partial charge in [-0.05, 0) is 66.4 Å². The molecule has 5 rings (SSSR count). The van der Waals surface area contributed by atoms with E-state index in [1.807, 2.05) is 85.8 Å². The van der Waals surface area contributed by atoms with Gasteiger partial charge in [0.1, 0.15) is 5.75 Å². The summed E-state index contributed by atoms with van der Waals surface area (Å²) < 4.78 is 18.0. The van der Waals surface area contributed by atoms with E-state index in [1.54, 1.807) is 6.07 Å². The molecule has 0 spiro atoms. The molecule has 0 bridgehead atoms. The minimum atomic E-state index is -0.981. The number of aromatic nitrogens is 1. The number of rotatable bonds is 10. The quantitative estimate of drug-likeness (QED) is 0.225. The lowest BCUT2D eigenvalue weighted by molar-refractivity contribution is -0.170. The topological polar surface area (TPSA) is 77.9 Å². The molecule has 1 aliphatic rings. The summed E-state index contributed by atoms with van der Waals surface area (Å²) in [5.41, 5.74) is 4.48. The lowest BCUT2D eigenvalue weighted by atomic mass is 9.94. The van der Waals surface area contributed by atoms with E-state index >= 15 is 0 Å². The molecule has 1 fully saturated rings. The third-order valence-corrected chi connectivity index (χ3v) is 6.95. The van der Waals surface area contributed by atoms with Crippen LogP contribution in [0.4, 0.5) is 0 Å². The van der Waals surface area contributed by atoms with Crippen molar-refractivity contribution in [3.63, 3.8) is 0 Å². The van der Waals surface area contributed by atoms with Gasteiger partial charge in [0, 0.05) is 22.4 Å². The van der Waals surface area contributed by atoms with Crippen LogP contribution in [0.15, 0.2) is 72.8 Å². The fraction of sp³-hybridized carbons (Fsp3) is 0.250. The third kappa shape index (κ3) is 6.31. The van der Waals surface area contributed by atoms with Gasteiger partial charge in [-0.25, -0.2) is 9.78 Å². The largest absolute Gasteiger partial charge is 0.494 e. The molecule has 39 heavy (non-hydrogen) atoms. The number of aryl methyl sites for hydroxylation is 1. The van der Waals surface area contributed by atoms with E-state index in [1.165, 1.54) is 0 Å². The molecule has 6 nitrogen and oxygen atoms in total. The van der Waals surface area contributed by atoms with Crippen molar-refractivity contribution in [3.8, 4) is 5.75 Å². The molecule has 4 aromatic rings. The van der Waals surface area contributed by atoms with Crippen LogP contribution in [0.1, 0.15) is 52.5 Å². The number of fused-ring (bicyclic) bond motifs is 1. The maximum Gasteiger partial charge on any atom is 0.336 e. The number of carboxylic acid groups (broad SMARTS) is 1. The van der Waals surface area contributed by atoms with Crippen LogP contribution < -0.4 is 4.74 Å².